The fourth-order valence-electron chi connectivity index (χ4n) is 4.11. The SMILES string of the molecule is CCOc1cccc(-c2ccc(CN3CCc4nc(-c5ccc(Cl)cc5)ncc4C3)cn2)c1. The molecule has 4 aromatic rings. The third-order valence-corrected chi connectivity index (χ3v) is 6.04. The average Bonchev–Trinajstić information content (AvgIpc) is 2.85. The minimum atomic E-state index is 0.655. The van der Waals surface area contributed by atoms with E-state index in [1.165, 1.54) is 11.1 Å². The van der Waals surface area contributed by atoms with Crippen LogP contribution in [0.1, 0.15) is 23.7 Å². The molecule has 3 heterocycles. The third-order valence-electron chi connectivity index (χ3n) is 5.79. The van der Waals surface area contributed by atoms with Crippen LogP contribution < -0.4 is 4.74 Å². The molecule has 0 saturated carbocycles. The van der Waals surface area contributed by atoms with E-state index >= 15 is 0 Å². The second kappa shape index (κ2) is 9.69. The second-order valence-corrected chi connectivity index (χ2v) is 8.58. The number of pyridine rings is 1. The first kappa shape index (κ1) is 21.6. The Morgan fingerprint density at radius 2 is 1.85 bits per heavy atom. The van der Waals surface area contributed by atoms with Crippen LogP contribution >= 0.6 is 11.6 Å². The molecule has 0 atom stereocenters. The minimum absolute atomic E-state index is 0.655. The van der Waals surface area contributed by atoms with E-state index in [9.17, 15) is 0 Å². The first-order valence-corrected chi connectivity index (χ1v) is 11.6. The predicted octanol–water partition coefficient (Wildman–Crippen LogP) is 5.82. The highest BCUT2D eigenvalue weighted by atomic mass is 35.5. The zero-order chi connectivity index (χ0) is 22.6. The molecule has 33 heavy (non-hydrogen) atoms. The molecule has 5 rings (SSSR count). The summed E-state index contributed by atoms with van der Waals surface area (Å²) in [6.07, 6.45) is 4.84. The maximum Gasteiger partial charge on any atom is 0.159 e. The summed E-state index contributed by atoms with van der Waals surface area (Å²) in [7, 11) is 0. The molecule has 0 radical (unpaired) electrons. The highest BCUT2D eigenvalue weighted by Crippen LogP contribution is 2.25. The van der Waals surface area contributed by atoms with Crippen LogP contribution in [0.15, 0.2) is 73.1 Å². The summed E-state index contributed by atoms with van der Waals surface area (Å²) in [4.78, 5) is 16.5. The Labute approximate surface area is 199 Å². The first-order chi connectivity index (χ1) is 16.2. The van der Waals surface area contributed by atoms with Gasteiger partial charge in [-0.2, -0.15) is 0 Å². The summed E-state index contributed by atoms with van der Waals surface area (Å²) in [5, 5.41) is 0.717. The smallest absolute Gasteiger partial charge is 0.159 e. The normalized spacial score (nSPS) is 13.5. The molecule has 2 aromatic heterocycles. The van der Waals surface area contributed by atoms with Gasteiger partial charge in [-0.25, -0.2) is 9.97 Å². The molecule has 2 aromatic carbocycles. The van der Waals surface area contributed by atoms with Crippen molar-refractivity contribution in [3.05, 3.63) is 94.9 Å². The zero-order valence-electron chi connectivity index (χ0n) is 18.5. The summed E-state index contributed by atoms with van der Waals surface area (Å²) in [6.45, 7) is 5.30. The number of hydrogen-bond acceptors (Lipinski definition) is 5. The van der Waals surface area contributed by atoms with Crippen LogP contribution in [-0.4, -0.2) is 33.0 Å². The Balaban J connectivity index is 1.25. The van der Waals surface area contributed by atoms with Gasteiger partial charge < -0.3 is 4.74 Å². The highest BCUT2D eigenvalue weighted by Gasteiger charge is 2.19. The number of nitrogens with zero attached hydrogens (tertiary/aromatic N) is 4. The van der Waals surface area contributed by atoms with Crippen molar-refractivity contribution in [2.45, 2.75) is 26.4 Å². The highest BCUT2D eigenvalue weighted by molar-refractivity contribution is 6.30. The summed E-state index contributed by atoms with van der Waals surface area (Å²) < 4.78 is 5.61. The molecule has 0 spiro atoms. The van der Waals surface area contributed by atoms with Gasteiger partial charge in [0.1, 0.15) is 5.75 Å². The molecule has 1 aliphatic heterocycles. The van der Waals surface area contributed by atoms with Gasteiger partial charge in [0.25, 0.3) is 0 Å². The maximum absolute atomic E-state index is 6.00. The molecule has 6 heteroatoms. The van der Waals surface area contributed by atoms with Gasteiger partial charge in [-0.3, -0.25) is 9.88 Å². The Bertz CT molecular complexity index is 1240. The largest absolute Gasteiger partial charge is 0.494 e. The molecule has 0 fully saturated rings. The molecular formula is C27H25ClN4O. The number of benzene rings is 2. The van der Waals surface area contributed by atoms with Crippen molar-refractivity contribution in [3.63, 3.8) is 0 Å². The van der Waals surface area contributed by atoms with Crippen LogP contribution in [0.4, 0.5) is 0 Å². The molecule has 0 aliphatic carbocycles. The Morgan fingerprint density at radius 3 is 2.64 bits per heavy atom. The van der Waals surface area contributed by atoms with Crippen LogP contribution in [0.25, 0.3) is 22.6 Å². The van der Waals surface area contributed by atoms with Gasteiger partial charge >= 0.3 is 0 Å². The standard InChI is InChI=1S/C27H25ClN4O/c1-2-33-24-5-3-4-21(14-24)25-11-6-19(15-29-25)17-32-13-12-26-22(18-32)16-30-27(31-26)20-7-9-23(28)10-8-20/h3-11,14-16H,2,12-13,17-18H2,1H3. The number of hydrogen-bond donors (Lipinski definition) is 0. The number of rotatable bonds is 6. The lowest BCUT2D eigenvalue weighted by Gasteiger charge is -2.28. The Hall–Kier alpha value is -3.28. The van der Waals surface area contributed by atoms with E-state index in [-0.39, 0.29) is 0 Å². The van der Waals surface area contributed by atoms with Crippen molar-refractivity contribution in [2.24, 2.45) is 0 Å². The monoisotopic (exact) mass is 456 g/mol. The van der Waals surface area contributed by atoms with Gasteiger partial charge in [-0.05, 0) is 55.0 Å². The molecule has 5 nitrogen and oxygen atoms in total. The summed E-state index contributed by atoms with van der Waals surface area (Å²) in [5.74, 6) is 1.63. The third kappa shape index (κ3) is 5.05. The van der Waals surface area contributed by atoms with Gasteiger partial charge in [0.05, 0.1) is 18.0 Å². The second-order valence-electron chi connectivity index (χ2n) is 8.15. The van der Waals surface area contributed by atoms with Crippen LogP contribution in [0.3, 0.4) is 0 Å². The molecular weight excluding hydrogens is 432 g/mol. The molecule has 0 N–H and O–H groups in total. The van der Waals surface area contributed by atoms with Crippen LogP contribution in [0.5, 0.6) is 5.75 Å². The van der Waals surface area contributed by atoms with E-state index in [1.54, 1.807) is 0 Å². The fourth-order valence-corrected chi connectivity index (χ4v) is 4.23. The van der Waals surface area contributed by atoms with Crippen molar-refractivity contribution in [2.75, 3.05) is 13.2 Å². The van der Waals surface area contributed by atoms with Crippen molar-refractivity contribution in [3.8, 4) is 28.4 Å². The van der Waals surface area contributed by atoms with Crippen molar-refractivity contribution in [1.29, 1.82) is 0 Å². The van der Waals surface area contributed by atoms with Gasteiger partial charge in [-0.1, -0.05) is 29.8 Å². The molecule has 1 aliphatic rings. The fraction of sp³-hybridized carbons (Fsp3) is 0.222. The van der Waals surface area contributed by atoms with Crippen molar-refractivity contribution >= 4 is 11.6 Å². The van der Waals surface area contributed by atoms with E-state index in [4.69, 9.17) is 26.3 Å². The van der Waals surface area contributed by atoms with Gasteiger partial charge in [0, 0.05) is 60.2 Å². The lowest BCUT2D eigenvalue weighted by molar-refractivity contribution is 0.242. The van der Waals surface area contributed by atoms with E-state index in [0.29, 0.717) is 11.6 Å². The summed E-state index contributed by atoms with van der Waals surface area (Å²) >= 11 is 6.00. The van der Waals surface area contributed by atoms with E-state index in [1.807, 2.05) is 61.8 Å². The van der Waals surface area contributed by atoms with Crippen LogP contribution in [-0.2, 0) is 19.5 Å². The van der Waals surface area contributed by atoms with Crippen LogP contribution in [0.2, 0.25) is 5.02 Å². The molecule has 0 amide bonds. The Kier molecular flexibility index (Phi) is 6.33. The average molecular weight is 457 g/mol. The molecule has 0 unspecified atom stereocenters. The lowest BCUT2D eigenvalue weighted by atomic mass is 10.1. The van der Waals surface area contributed by atoms with Crippen LogP contribution in [0, 0.1) is 0 Å². The lowest BCUT2D eigenvalue weighted by Crippen LogP contribution is -2.31. The minimum Gasteiger partial charge on any atom is -0.494 e. The number of halogens is 1. The number of aromatic nitrogens is 3. The summed E-state index contributed by atoms with van der Waals surface area (Å²) in [5.41, 5.74) is 6.52. The maximum atomic E-state index is 6.00. The van der Waals surface area contributed by atoms with Gasteiger partial charge in [0.15, 0.2) is 5.82 Å². The first-order valence-electron chi connectivity index (χ1n) is 11.2. The topological polar surface area (TPSA) is 51.1 Å². The predicted molar refractivity (Wildman–Crippen MR) is 131 cm³/mol. The van der Waals surface area contributed by atoms with E-state index < -0.39 is 0 Å². The molecule has 166 valence electrons. The summed E-state index contributed by atoms with van der Waals surface area (Å²) in [6, 6.07) is 20.0. The molecule has 0 bridgehead atoms. The molecule has 0 saturated heterocycles. The zero-order valence-corrected chi connectivity index (χ0v) is 19.3. The van der Waals surface area contributed by atoms with Gasteiger partial charge in [-0.15, -0.1) is 0 Å². The van der Waals surface area contributed by atoms with Crippen molar-refractivity contribution < 1.29 is 4.74 Å². The van der Waals surface area contributed by atoms with Crippen molar-refractivity contribution in [1.82, 2.24) is 19.9 Å². The van der Waals surface area contributed by atoms with Gasteiger partial charge in [0.2, 0.25) is 0 Å². The number of fused-ring (bicyclic) bond motifs is 1. The Morgan fingerprint density at radius 1 is 0.970 bits per heavy atom. The quantitative estimate of drug-likeness (QED) is 0.366. The van der Waals surface area contributed by atoms with E-state index in [2.05, 4.69) is 28.1 Å². The number of ether oxygens (including phenoxy) is 1. The van der Waals surface area contributed by atoms with E-state index in [0.717, 1.165) is 60.1 Å².